The molecule has 14 heavy (non-hydrogen) atoms. The Hall–Kier alpha value is 0.440. The van der Waals surface area contributed by atoms with E-state index in [1.165, 1.54) is 56.7 Å². The molecule has 0 atom stereocenters. The van der Waals surface area contributed by atoms with Crippen LogP contribution in [0.4, 0.5) is 0 Å². The summed E-state index contributed by atoms with van der Waals surface area (Å²) in [6, 6.07) is 0. The fourth-order valence-electron chi connectivity index (χ4n) is 1.50. The van der Waals surface area contributed by atoms with Crippen LogP contribution in [0.3, 0.4) is 0 Å². The Kier molecular flexibility index (Phi) is 13.9. The van der Waals surface area contributed by atoms with Crippen molar-refractivity contribution in [1.82, 2.24) is 0 Å². The van der Waals surface area contributed by atoms with E-state index >= 15 is 0 Å². The van der Waals surface area contributed by atoms with Gasteiger partial charge in [0.25, 0.3) is 0 Å². The van der Waals surface area contributed by atoms with Crippen molar-refractivity contribution in [2.75, 3.05) is 18.5 Å². The van der Waals surface area contributed by atoms with Crippen molar-refractivity contribution >= 4 is 15.9 Å². The molecule has 0 aromatic heterocycles. The third-order valence-electron chi connectivity index (χ3n) is 2.38. The average Bonchev–Trinajstić information content (AvgIpc) is 2.21. The van der Waals surface area contributed by atoms with Gasteiger partial charge in [0.2, 0.25) is 0 Å². The van der Waals surface area contributed by atoms with E-state index in [1.807, 2.05) is 0 Å². The number of hydrogen-bond donors (Lipinski definition) is 0. The second kappa shape index (κ2) is 13.4. The lowest BCUT2D eigenvalue weighted by atomic mass is 10.1. The molecule has 0 aliphatic carbocycles. The minimum Gasteiger partial charge on any atom is -0.382 e. The number of halogens is 1. The fraction of sp³-hybridized carbons (Fsp3) is 1.00. The van der Waals surface area contributed by atoms with Crippen molar-refractivity contribution in [3.8, 4) is 0 Å². The topological polar surface area (TPSA) is 9.23 Å². The van der Waals surface area contributed by atoms with Crippen LogP contribution in [-0.4, -0.2) is 18.5 Å². The van der Waals surface area contributed by atoms with E-state index in [2.05, 4.69) is 22.9 Å². The molecule has 1 nitrogen and oxygen atoms in total. The first kappa shape index (κ1) is 14.4. The minimum atomic E-state index is 0.868. The Bertz CT molecular complexity index is 84.3. The maximum Gasteiger partial charge on any atom is 0.0465 e. The third-order valence-corrected chi connectivity index (χ3v) is 2.94. The van der Waals surface area contributed by atoms with Crippen molar-refractivity contribution in [2.24, 2.45) is 0 Å². The Balaban J connectivity index is 2.78. The Morgan fingerprint density at radius 2 is 1.29 bits per heavy atom. The van der Waals surface area contributed by atoms with Gasteiger partial charge in [0.05, 0.1) is 0 Å². The molecule has 0 saturated heterocycles. The summed E-state index contributed by atoms with van der Waals surface area (Å²) in [5, 5.41) is 1.17. The minimum absolute atomic E-state index is 0.868. The fourth-order valence-corrected chi connectivity index (χ4v) is 1.90. The van der Waals surface area contributed by atoms with E-state index in [4.69, 9.17) is 4.74 Å². The third kappa shape index (κ3) is 12.4. The first-order valence-electron chi connectivity index (χ1n) is 6.05. The van der Waals surface area contributed by atoms with Crippen LogP contribution in [0.25, 0.3) is 0 Å². The molecule has 0 saturated carbocycles. The van der Waals surface area contributed by atoms with E-state index in [0.29, 0.717) is 0 Å². The van der Waals surface area contributed by atoms with Gasteiger partial charge in [-0.3, -0.25) is 0 Å². The van der Waals surface area contributed by atoms with Gasteiger partial charge >= 0.3 is 0 Å². The number of rotatable bonds is 11. The van der Waals surface area contributed by atoms with Crippen LogP contribution in [0.5, 0.6) is 0 Å². The molecule has 0 aliphatic heterocycles. The van der Waals surface area contributed by atoms with E-state index in [9.17, 15) is 0 Å². The molecule has 0 fully saturated rings. The summed E-state index contributed by atoms with van der Waals surface area (Å²) in [5.41, 5.74) is 0. The van der Waals surface area contributed by atoms with Crippen LogP contribution in [-0.2, 0) is 4.74 Å². The van der Waals surface area contributed by atoms with Gasteiger partial charge in [-0.1, -0.05) is 54.5 Å². The molecule has 0 rings (SSSR count). The molecule has 0 N–H and O–H groups in total. The van der Waals surface area contributed by atoms with Crippen molar-refractivity contribution in [2.45, 2.75) is 58.3 Å². The maximum atomic E-state index is 5.29. The second-order valence-corrected chi connectivity index (χ2v) is 4.51. The summed E-state index contributed by atoms with van der Waals surface area (Å²) in [6.07, 6.45) is 11.0. The molecule has 0 aliphatic rings. The van der Waals surface area contributed by atoms with Gasteiger partial charge in [0.1, 0.15) is 0 Å². The van der Waals surface area contributed by atoms with Crippen molar-refractivity contribution < 1.29 is 4.74 Å². The largest absolute Gasteiger partial charge is 0.382 e. The summed E-state index contributed by atoms with van der Waals surface area (Å²) in [6.45, 7) is 3.89. The molecule has 0 spiro atoms. The number of unbranched alkanes of at least 4 members (excludes halogenated alkanes) is 7. The van der Waals surface area contributed by atoms with Crippen LogP contribution >= 0.6 is 15.9 Å². The van der Waals surface area contributed by atoms with Crippen LogP contribution in [0.2, 0.25) is 0 Å². The number of hydrogen-bond acceptors (Lipinski definition) is 1. The molecule has 0 heterocycles. The highest BCUT2D eigenvalue weighted by molar-refractivity contribution is 9.09. The zero-order valence-corrected chi connectivity index (χ0v) is 11.2. The average molecular weight is 265 g/mol. The molecule has 86 valence electrons. The highest BCUT2D eigenvalue weighted by Gasteiger charge is 1.91. The van der Waals surface area contributed by atoms with Crippen LogP contribution in [0.15, 0.2) is 0 Å². The summed E-state index contributed by atoms with van der Waals surface area (Å²) in [5.74, 6) is 0. The maximum absolute atomic E-state index is 5.29. The summed E-state index contributed by atoms with van der Waals surface area (Å²) in [7, 11) is 0. The van der Waals surface area contributed by atoms with Gasteiger partial charge in [0.15, 0.2) is 0 Å². The molecule has 0 aromatic carbocycles. The molecule has 0 unspecified atom stereocenters. The first-order valence-corrected chi connectivity index (χ1v) is 7.17. The zero-order valence-electron chi connectivity index (χ0n) is 9.56. The second-order valence-electron chi connectivity index (χ2n) is 3.71. The van der Waals surface area contributed by atoms with Gasteiger partial charge in [-0.2, -0.15) is 0 Å². The summed E-state index contributed by atoms with van der Waals surface area (Å²) >= 11 is 3.45. The van der Waals surface area contributed by atoms with Gasteiger partial charge in [-0.25, -0.2) is 0 Å². The monoisotopic (exact) mass is 264 g/mol. The molecule has 0 radical (unpaired) electrons. The number of alkyl halides is 1. The molecular formula is C12H25BrO. The standard InChI is InChI=1S/C12H25BrO/c1-2-14-12-10-8-6-4-3-5-7-9-11-13/h2-12H2,1H3. The molecule has 0 bridgehead atoms. The van der Waals surface area contributed by atoms with Crippen molar-refractivity contribution in [3.05, 3.63) is 0 Å². The Morgan fingerprint density at radius 1 is 0.786 bits per heavy atom. The first-order chi connectivity index (χ1) is 6.91. The van der Waals surface area contributed by atoms with Gasteiger partial charge in [0, 0.05) is 18.5 Å². The molecule has 0 aromatic rings. The van der Waals surface area contributed by atoms with Gasteiger partial charge < -0.3 is 4.74 Å². The molecular weight excluding hydrogens is 240 g/mol. The lowest BCUT2D eigenvalue weighted by Crippen LogP contribution is -1.92. The predicted molar refractivity (Wildman–Crippen MR) is 67.2 cm³/mol. The summed E-state index contributed by atoms with van der Waals surface area (Å²) < 4.78 is 5.29. The smallest absolute Gasteiger partial charge is 0.0465 e. The van der Waals surface area contributed by atoms with E-state index in [-0.39, 0.29) is 0 Å². The quantitative estimate of drug-likeness (QED) is 0.393. The Labute approximate surface area is 97.7 Å². The van der Waals surface area contributed by atoms with Crippen LogP contribution < -0.4 is 0 Å². The van der Waals surface area contributed by atoms with Gasteiger partial charge in [-0.05, 0) is 19.8 Å². The molecule has 0 amide bonds. The highest BCUT2D eigenvalue weighted by atomic mass is 79.9. The summed E-state index contributed by atoms with van der Waals surface area (Å²) in [4.78, 5) is 0. The predicted octanol–water partition coefficient (Wildman–Crippen LogP) is 4.54. The highest BCUT2D eigenvalue weighted by Crippen LogP contribution is 2.09. The van der Waals surface area contributed by atoms with E-state index < -0.39 is 0 Å². The van der Waals surface area contributed by atoms with Crippen molar-refractivity contribution in [3.63, 3.8) is 0 Å². The molecule has 2 heteroatoms. The van der Waals surface area contributed by atoms with E-state index in [1.54, 1.807) is 0 Å². The number of ether oxygens (including phenoxy) is 1. The van der Waals surface area contributed by atoms with Crippen LogP contribution in [0.1, 0.15) is 58.3 Å². The van der Waals surface area contributed by atoms with Gasteiger partial charge in [-0.15, -0.1) is 0 Å². The van der Waals surface area contributed by atoms with Crippen LogP contribution in [0, 0.1) is 0 Å². The lowest BCUT2D eigenvalue weighted by molar-refractivity contribution is 0.143. The Morgan fingerprint density at radius 3 is 1.79 bits per heavy atom. The normalized spacial score (nSPS) is 10.7. The zero-order chi connectivity index (χ0) is 10.5. The van der Waals surface area contributed by atoms with E-state index in [0.717, 1.165) is 13.2 Å². The SMILES string of the molecule is CCOCCCCCCCCCCBr. The van der Waals surface area contributed by atoms with Crippen molar-refractivity contribution in [1.29, 1.82) is 0 Å². The lowest BCUT2D eigenvalue weighted by Gasteiger charge is -2.02.